The van der Waals surface area contributed by atoms with Gasteiger partial charge in [0.2, 0.25) is 0 Å². The van der Waals surface area contributed by atoms with Crippen LogP contribution in [0, 0.1) is 5.41 Å². The van der Waals surface area contributed by atoms with Gasteiger partial charge in [0.15, 0.2) is 0 Å². The maximum atomic E-state index is 10.5. The number of aromatic nitrogens is 1. The maximum Gasteiger partial charge on any atom is 0.135 e. The van der Waals surface area contributed by atoms with Gasteiger partial charge < -0.3 is 10.0 Å². The van der Waals surface area contributed by atoms with E-state index in [0.29, 0.717) is 23.0 Å². The van der Waals surface area contributed by atoms with Crippen molar-refractivity contribution in [3.63, 3.8) is 0 Å². The first-order chi connectivity index (χ1) is 13.2. The molecule has 0 saturated carbocycles. The molecule has 0 fully saturated rings. The van der Waals surface area contributed by atoms with Gasteiger partial charge in [0.25, 0.3) is 0 Å². The Morgan fingerprint density at radius 1 is 1.04 bits per heavy atom. The van der Waals surface area contributed by atoms with Crippen LogP contribution in [0.4, 0.5) is 0 Å². The topological polar surface area (TPSA) is 60.2 Å². The Labute approximate surface area is 163 Å². The monoisotopic (exact) mass is 375 g/mol. The molecule has 4 nitrogen and oxygen atoms in total. The average molecular weight is 375 g/mol. The SMILES string of the molecule is CCCN1CC(O)=C(c2nc(-c3ccccc3)c(-c3ccccc3)s2)C1=N. The van der Waals surface area contributed by atoms with Gasteiger partial charge in [-0.3, -0.25) is 5.41 Å². The number of benzene rings is 2. The molecule has 2 heterocycles. The predicted octanol–water partition coefficient (Wildman–Crippen LogP) is 5.45. The number of hydrogen-bond acceptors (Lipinski definition) is 4. The van der Waals surface area contributed by atoms with Crippen molar-refractivity contribution in [3.05, 3.63) is 71.4 Å². The summed E-state index contributed by atoms with van der Waals surface area (Å²) in [6, 6.07) is 20.2. The van der Waals surface area contributed by atoms with E-state index in [1.165, 1.54) is 11.3 Å². The molecule has 27 heavy (non-hydrogen) atoms. The van der Waals surface area contributed by atoms with Crippen molar-refractivity contribution in [1.82, 2.24) is 9.88 Å². The van der Waals surface area contributed by atoms with Gasteiger partial charge in [-0.25, -0.2) is 4.98 Å². The summed E-state index contributed by atoms with van der Waals surface area (Å²) in [7, 11) is 0. The van der Waals surface area contributed by atoms with Crippen LogP contribution < -0.4 is 0 Å². The molecule has 0 amide bonds. The zero-order valence-corrected chi connectivity index (χ0v) is 16.0. The fraction of sp³-hybridized carbons (Fsp3) is 0.182. The quantitative estimate of drug-likeness (QED) is 0.623. The van der Waals surface area contributed by atoms with E-state index in [0.717, 1.165) is 34.7 Å². The molecule has 1 aliphatic rings. The Bertz CT molecular complexity index is 936. The lowest BCUT2D eigenvalue weighted by molar-refractivity contribution is 0.350. The number of nitrogens with one attached hydrogen (secondary N) is 1. The summed E-state index contributed by atoms with van der Waals surface area (Å²) in [6.45, 7) is 3.23. The highest BCUT2D eigenvalue weighted by molar-refractivity contribution is 7.17. The molecule has 0 aliphatic carbocycles. The van der Waals surface area contributed by atoms with Crippen LogP contribution in [0.1, 0.15) is 18.4 Å². The normalized spacial score (nSPS) is 14.3. The summed E-state index contributed by atoms with van der Waals surface area (Å²) in [5.41, 5.74) is 3.58. The van der Waals surface area contributed by atoms with E-state index in [1.54, 1.807) is 0 Å². The summed E-state index contributed by atoms with van der Waals surface area (Å²) in [4.78, 5) is 7.82. The average Bonchev–Trinajstić information content (AvgIpc) is 3.25. The molecular weight excluding hydrogens is 354 g/mol. The van der Waals surface area contributed by atoms with E-state index < -0.39 is 0 Å². The number of hydrogen-bond donors (Lipinski definition) is 2. The maximum absolute atomic E-state index is 10.5. The molecule has 5 heteroatoms. The second-order valence-electron chi connectivity index (χ2n) is 6.52. The van der Waals surface area contributed by atoms with Gasteiger partial charge in [-0.1, -0.05) is 67.6 Å². The zero-order chi connectivity index (χ0) is 18.8. The minimum atomic E-state index is 0.237. The lowest BCUT2D eigenvalue weighted by Crippen LogP contribution is -2.27. The van der Waals surface area contributed by atoms with Crippen molar-refractivity contribution >= 4 is 22.7 Å². The van der Waals surface area contributed by atoms with E-state index in [4.69, 9.17) is 10.4 Å². The standard InChI is InChI=1S/C22H21N3OS/c1-2-13-25-14-17(26)18(21(25)23)22-24-19(15-9-5-3-6-10-15)20(27-22)16-11-7-4-8-12-16/h3-12,23,26H,2,13-14H2,1H3. The van der Waals surface area contributed by atoms with E-state index in [9.17, 15) is 5.11 Å². The van der Waals surface area contributed by atoms with Crippen LogP contribution in [0.15, 0.2) is 66.4 Å². The summed E-state index contributed by atoms with van der Waals surface area (Å²) in [5.74, 6) is 0.601. The van der Waals surface area contributed by atoms with Crippen molar-refractivity contribution in [2.45, 2.75) is 13.3 Å². The van der Waals surface area contributed by atoms with Gasteiger partial charge in [-0.15, -0.1) is 11.3 Å². The molecule has 1 aliphatic heterocycles. The second-order valence-corrected chi connectivity index (χ2v) is 7.52. The van der Waals surface area contributed by atoms with Crippen molar-refractivity contribution in [2.24, 2.45) is 0 Å². The van der Waals surface area contributed by atoms with Gasteiger partial charge in [0.05, 0.1) is 22.7 Å². The number of thiazole rings is 1. The second kappa shape index (κ2) is 7.37. The lowest BCUT2D eigenvalue weighted by Gasteiger charge is -2.16. The van der Waals surface area contributed by atoms with Gasteiger partial charge >= 0.3 is 0 Å². The highest BCUT2D eigenvalue weighted by atomic mass is 32.1. The lowest BCUT2D eigenvalue weighted by atomic mass is 10.1. The Hall–Kier alpha value is -2.92. The van der Waals surface area contributed by atoms with Crippen LogP contribution in [0.5, 0.6) is 0 Å². The molecule has 0 bridgehead atoms. The van der Waals surface area contributed by atoms with Crippen molar-refractivity contribution < 1.29 is 5.11 Å². The first kappa shape index (κ1) is 17.5. The minimum Gasteiger partial charge on any atom is -0.510 e. The van der Waals surface area contributed by atoms with E-state index in [-0.39, 0.29) is 5.76 Å². The van der Waals surface area contributed by atoms with Crippen LogP contribution >= 0.6 is 11.3 Å². The van der Waals surface area contributed by atoms with Crippen LogP contribution in [0.25, 0.3) is 27.3 Å². The molecule has 4 rings (SSSR count). The third-order valence-electron chi connectivity index (χ3n) is 4.60. The Morgan fingerprint density at radius 2 is 1.67 bits per heavy atom. The number of amidine groups is 1. The molecule has 2 N–H and O–H groups in total. The van der Waals surface area contributed by atoms with E-state index >= 15 is 0 Å². The minimum absolute atomic E-state index is 0.237. The molecule has 136 valence electrons. The molecule has 3 aromatic rings. The highest BCUT2D eigenvalue weighted by Gasteiger charge is 2.31. The number of rotatable bonds is 5. The van der Waals surface area contributed by atoms with Crippen molar-refractivity contribution in [2.75, 3.05) is 13.1 Å². The molecule has 0 radical (unpaired) electrons. The van der Waals surface area contributed by atoms with Gasteiger partial charge in [-0.05, 0) is 12.0 Å². The molecule has 0 saturated heterocycles. The van der Waals surface area contributed by atoms with Crippen LogP contribution in [-0.4, -0.2) is 33.9 Å². The third-order valence-corrected chi connectivity index (χ3v) is 5.72. The molecule has 0 atom stereocenters. The molecule has 0 spiro atoms. The molecule has 0 unspecified atom stereocenters. The summed E-state index contributed by atoms with van der Waals surface area (Å²) < 4.78 is 0. The smallest absolute Gasteiger partial charge is 0.135 e. The summed E-state index contributed by atoms with van der Waals surface area (Å²) >= 11 is 1.54. The Kier molecular flexibility index (Phi) is 4.77. The van der Waals surface area contributed by atoms with E-state index in [2.05, 4.69) is 19.1 Å². The van der Waals surface area contributed by atoms with Gasteiger partial charge in [0.1, 0.15) is 16.6 Å². The Morgan fingerprint density at radius 3 is 2.30 bits per heavy atom. The van der Waals surface area contributed by atoms with E-state index in [1.807, 2.05) is 53.4 Å². The summed E-state index contributed by atoms with van der Waals surface area (Å²) in [5, 5.41) is 19.7. The fourth-order valence-corrected chi connectivity index (χ4v) is 4.48. The Balaban J connectivity index is 1.83. The number of aliphatic hydroxyl groups is 1. The van der Waals surface area contributed by atoms with Gasteiger partial charge in [-0.2, -0.15) is 0 Å². The fourth-order valence-electron chi connectivity index (χ4n) is 3.32. The summed E-state index contributed by atoms with van der Waals surface area (Å²) in [6.07, 6.45) is 0.936. The third kappa shape index (κ3) is 3.26. The number of aliphatic hydroxyl groups excluding tert-OH is 1. The molecule has 2 aromatic carbocycles. The van der Waals surface area contributed by atoms with Crippen molar-refractivity contribution in [1.29, 1.82) is 5.41 Å². The first-order valence-electron chi connectivity index (χ1n) is 9.07. The van der Waals surface area contributed by atoms with Crippen LogP contribution in [0.2, 0.25) is 0 Å². The van der Waals surface area contributed by atoms with Crippen molar-refractivity contribution in [3.8, 4) is 21.7 Å². The largest absolute Gasteiger partial charge is 0.510 e. The van der Waals surface area contributed by atoms with Crippen LogP contribution in [0.3, 0.4) is 0 Å². The highest BCUT2D eigenvalue weighted by Crippen LogP contribution is 2.40. The molecular formula is C22H21N3OS. The predicted molar refractivity (Wildman–Crippen MR) is 112 cm³/mol. The number of nitrogens with zero attached hydrogens (tertiary/aromatic N) is 2. The molecule has 1 aromatic heterocycles. The van der Waals surface area contributed by atoms with Gasteiger partial charge in [0, 0.05) is 12.1 Å². The first-order valence-corrected chi connectivity index (χ1v) is 9.88. The zero-order valence-electron chi connectivity index (χ0n) is 15.1. The van der Waals surface area contributed by atoms with Crippen LogP contribution in [-0.2, 0) is 0 Å².